The van der Waals surface area contributed by atoms with E-state index in [-0.39, 0.29) is 0 Å². The summed E-state index contributed by atoms with van der Waals surface area (Å²) >= 11 is 0. The molecule has 0 bridgehead atoms. The Hall–Kier alpha value is -2.04. The van der Waals surface area contributed by atoms with Gasteiger partial charge in [0.2, 0.25) is 5.88 Å². The van der Waals surface area contributed by atoms with Crippen LogP contribution >= 0.6 is 0 Å². The molecule has 2 aromatic rings. The first-order valence-corrected chi connectivity index (χ1v) is 4.55. The monoisotopic (exact) mass is 204 g/mol. The first kappa shape index (κ1) is 9.51. The second-order valence-electron chi connectivity index (χ2n) is 3.22. The van der Waals surface area contributed by atoms with Crippen LogP contribution in [0.4, 0.5) is 5.69 Å². The van der Waals surface area contributed by atoms with E-state index in [9.17, 15) is 0 Å². The second kappa shape index (κ2) is 3.61. The second-order valence-corrected chi connectivity index (χ2v) is 3.22. The summed E-state index contributed by atoms with van der Waals surface area (Å²) in [6.45, 7) is 1.84. The van der Waals surface area contributed by atoms with Gasteiger partial charge in [-0.25, -0.2) is 4.68 Å². The summed E-state index contributed by atoms with van der Waals surface area (Å²) in [6, 6.07) is 3.61. The molecule has 2 N–H and O–H groups in total. The molecule has 5 nitrogen and oxygen atoms in total. The molecule has 0 atom stereocenters. The Morgan fingerprint density at radius 1 is 1.47 bits per heavy atom. The third kappa shape index (κ3) is 1.76. The molecule has 15 heavy (non-hydrogen) atoms. The number of aryl methyl sites for hydroxylation is 2. The van der Waals surface area contributed by atoms with Gasteiger partial charge < -0.3 is 10.5 Å². The fourth-order valence-electron chi connectivity index (χ4n) is 1.29. The van der Waals surface area contributed by atoms with Gasteiger partial charge in [0, 0.05) is 13.2 Å². The van der Waals surface area contributed by atoms with Crippen LogP contribution in [0.25, 0.3) is 0 Å². The topological polar surface area (TPSA) is 66.0 Å². The van der Waals surface area contributed by atoms with Gasteiger partial charge in [-0.1, -0.05) is 0 Å². The van der Waals surface area contributed by atoms with Gasteiger partial charge in [0.1, 0.15) is 11.4 Å². The third-order valence-electron chi connectivity index (χ3n) is 2.06. The van der Waals surface area contributed by atoms with Crippen LogP contribution in [0, 0.1) is 6.92 Å². The van der Waals surface area contributed by atoms with Crippen LogP contribution < -0.4 is 10.5 Å². The number of anilines is 1. The van der Waals surface area contributed by atoms with Crippen molar-refractivity contribution in [2.75, 3.05) is 5.73 Å². The first-order chi connectivity index (χ1) is 7.18. The molecule has 0 saturated carbocycles. The Labute approximate surface area is 87.5 Å². The van der Waals surface area contributed by atoms with E-state index in [1.54, 1.807) is 30.2 Å². The molecule has 0 radical (unpaired) electrons. The Balaban J connectivity index is 2.32. The zero-order valence-corrected chi connectivity index (χ0v) is 8.64. The molecule has 0 aliphatic carbocycles. The molecule has 0 aliphatic rings. The van der Waals surface area contributed by atoms with E-state index in [0.717, 1.165) is 5.69 Å². The molecule has 0 amide bonds. The standard InChI is InChI=1S/C10H12N4O/c1-7-9(11)10(14(2)13-7)15-8-4-3-5-12-6-8/h3-6H,11H2,1-2H3. The lowest BCUT2D eigenvalue weighted by atomic mass is 10.4. The SMILES string of the molecule is Cc1nn(C)c(Oc2cccnc2)c1N. The lowest BCUT2D eigenvalue weighted by Crippen LogP contribution is -1.97. The van der Waals surface area contributed by atoms with Crippen molar-refractivity contribution >= 4 is 5.69 Å². The molecule has 2 rings (SSSR count). The van der Waals surface area contributed by atoms with Crippen molar-refractivity contribution in [2.45, 2.75) is 6.92 Å². The molecule has 78 valence electrons. The van der Waals surface area contributed by atoms with E-state index >= 15 is 0 Å². The van der Waals surface area contributed by atoms with Crippen molar-refractivity contribution in [1.29, 1.82) is 0 Å². The van der Waals surface area contributed by atoms with Gasteiger partial charge in [-0.2, -0.15) is 5.10 Å². The molecule has 5 heteroatoms. The van der Waals surface area contributed by atoms with Crippen molar-refractivity contribution in [3.8, 4) is 11.6 Å². The van der Waals surface area contributed by atoms with E-state index in [4.69, 9.17) is 10.5 Å². The number of hydrogen-bond acceptors (Lipinski definition) is 4. The molecule has 0 aliphatic heterocycles. The van der Waals surface area contributed by atoms with Crippen LogP contribution in [0.2, 0.25) is 0 Å². The van der Waals surface area contributed by atoms with Crippen molar-refractivity contribution < 1.29 is 4.74 Å². The van der Waals surface area contributed by atoms with Gasteiger partial charge in [-0.05, 0) is 19.1 Å². The van der Waals surface area contributed by atoms with Gasteiger partial charge in [-0.3, -0.25) is 4.98 Å². The lowest BCUT2D eigenvalue weighted by molar-refractivity contribution is 0.431. The Kier molecular flexibility index (Phi) is 2.29. The molecular weight excluding hydrogens is 192 g/mol. The van der Waals surface area contributed by atoms with Crippen LogP contribution in [0.1, 0.15) is 5.69 Å². The summed E-state index contributed by atoms with van der Waals surface area (Å²) < 4.78 is 7.18. The fourth-order valence-corrected chi connectivity index (χ4v) is 1.29. The van der Waals surface area contributed by atoms with Crippen LogP contribution in [-0.4, -0.2) is 14.8 Å². The average Bonchev–Trinajstić information content (AvgIpc) is 2.47. The molecule has 0 fully saturated rings. The minimum atomic E-state index is 0.542. The van der Waals surface area contributed by atoms with Crippen molar-refractivity contribution in [3.63, 3.8) is 0 Å². The highest BCUT2D eigenvalue weighted by molar-refractivity contribution is 5.53. The van der Waals surface area contributed by atoms with Crippen LogP contribution in [0.15, 0.2) is 24.5 Å². The van der Waals surface area contributed by atoms with E-state index < -0.39 is 0 Å². The quantitative estimate of drug-likeness (QED) is 0.805. The van der Waals surface area contributed by atoms with Gasteiger partial charge in [0.25, 0.3) is 0 Å². The lowest BCUT2D eigenvalue weighted by Gasteiger charge is -2.05. The summed E-state index contributed by atoms with van der Waals surface area (Å²) in [5.41, 5.74) is 7.14. The van der Waals surface area contributed by atoms with E-state index in [2.05, 4.69) is 10.1 Å². The number of ether oxygens (including phenoxy) is 1. The summed E-state index contributed by atoms with van der Waals surface area (Å²) in [6.07, 6.45) is 3.31. The van der Waals surface area contributed by atoms with E-state index in [1.807, 2.05) is 13.0 Å². The van der Waals surface area contributed by atoms with E-state index in [1.165, 1.54) is 0 Å². The van der Waals surface area contributed by atoms with Crippen molar-refractivity contribution in [2.24, 2.45) is 7.05 Å². The zero-order chi connectivity index (χ0) is 10.8. The molecule has 2 aromatic heterocycles. The molecule has 2 heterocycles. The molecular formula is C10H12N4O. The predicted molar refractivity (Wildman–Crippen MR) is 56.7 cm³/mol. The van der Waals surface area contributed by atoms with Crippen molar-refractivity contribution in [1.82, 2.24) is 14.8 Å². The molecule has 0 saturated heterocycles. The Bertz CT molecular complexity index is 464. The number of aromatic nitrogens is 3. The summed E-state index contributed by atoms with van der Waals surface area (Å²) in [7, 11) is 1.79. The number of nitrogens with two attached hydrogens (primary N) is 1. The van der Waals surface area contributed by atoms with Gasteiger partial charge in [0.15, 0.2) is 0 Å². The summed E-state index contributed by atoms with van der Waals surface area (Å²) in [4.78, 5) is 3.95. The van der Waals surface area contributed by atoms with Crippen LogP contribution in [0.5, 0.6) is 11.6 Å². The maximum atomic E-state index is 5.82. The smallest absolute Gasteiger partial charge is 0.241 e. The highest BCUT2D eigenvalue weighted by atomic mass is 16.5. The fraction of sp³-hybridized carbons (Fsp3) is 0.200. The van der Waals surface area contributed by atoms with Crippen molar-refractivity contribution in [3.05, 3.63) is 30.2 Å². The molecule has 0 spiro atoms. The number of rotatable bonds is 2. The predicted octanol–water partition coefficient (Wildman–Crippen LogP) is 1.50. The average molecular weight is 204 g/mol. The summed E-state index contributed by atoms with van der Waals surface area (Å²) in [5.74, 6) is 1.19. The Morgan fingerprint density at radius 2 is 2.27 bits per heavy atom. The van der Waals surface area contributed by atoms with Gasteiger partial charge >= 0.3 is 0 Å². The Morgan fingerprint density at radius 3 is 2.80 bits per heavy atom. The largest absolute Gasteiger partial charge is 0.436 e. The number of nitrogen functional groups attached to an aromatic ring is 1. The number of pyridine rings is 1. The third-order valence-corrected chi connectivity index (χ3v) is 2.06. The normalized spacial score (nSPS) is 10.3. The van der Waals surface area contributed by atoms with Crippen LogP contribution in [0.3, 0.4) is 0 Å². The molecule has 0 aromatic carbocycles. The highest BCUT2D eigenvalue weighted by Gasteiger charge is 2.11. The maximum Gasteiger partial charge on any atom is 0.241 e. The number of hydrogen-bond donors (Lipinski definition) is 1. The summed E-state index contributed by atoms with van der Waals surface area (Å²) in [5, 5.41) is 4.15. The van der Waals surface area contributed by atoms with Gasteiger partial charge in [-0.15, -0.1) is 0 Å². The zero-order valence-electron chi connectivity index (χ0n) is 8.64. The van der Waals surface area contributed by atoms with Gasteiger partial charge in [0.05, 0.1) is 11.9 Å². The minimum Gasteiger partial charge on any atom is -0.436 e. The van der Waals surface area contributed by atoms with Crippen LogP contribution in [-0.2, 0) is 7.05 Å². The maximum absolute atomic E-state index is 5.82. The van der Waals surface area contributed by atoms with E-state index in [0.29, 0.717) is 17.3 Å². The highest BCUT2D eigenvalue weighted by Crippen LogP contribution is 2.28. The molecule has 0 unspecified atom stereocenters. The first-order valence-electron chi connectivity index (χ1n) is 4.55. The number of nitrogens with zero attached hydrogens (tertiary/aromatic N) is 3. The minimum absolute atomic E-state index is 0.542.